The third-order valence-corrected chi connectivity index (χ3v) is 5.81. The van der Waals surface area contributed by atoms with Crippen LogP contribution in [-0.4, -0.2) is 54.7 Å². The van der Waals surface area contributed by atoms with Gasteiger partial charge in [0.25, 0.3) is 0 Å². The first-order valence-corrected chi connectivity index (χ1v) is 9.51. The smallest absolute Gasteiger partial charge is 0.464 e. The molecule has 1 aromatic carbocycles. The number of rotatable bonds is 1. The number of anilines is 2. The number of likely N-dealkylation sites (tertiary alicyclic amines) is 1. The van der Waals surface area contributed by atoms with Crippen LogP contribution in [0.25, 0.3) is 0 Å². The van der Waals surface area contributed by atoms with Gasteiger partial charge in [0, 0.05) is 37.7 Å². The van der Waals surface area contributed by atoms with Crippen LogP contribution >= 0.6 is 0 Å². The van der Waals surface area contributed by atoms with Crippen LogP contribution < -0.4 is 19.1 Å². The molecule has 3 aliphatic heterocycles. The van der Waals surface area contributed by atoms with Gasteiger partial charge in [0.2, 0.25) is 0 Å². The van der Waals surface area contributed by atoms with Gasteiger partial charge in [-0.2, -0.15) is 0 Å². The molecule has 0 aliphatic carbocycles. The molecule has 148 valence electrons. The van der Waals surface area contributed by atoms with Crippen molar-refractivity contribution in [1.29, 1.82) is 5.26 Å². The Kier molecular flexibility index (Phi) is 3.84. The maximum atomic E-state index is 13.5. The maximum absolute atomic E-state index is 13.5. The molecule has 1 aromatic heterocycles. The molecule has 1 unspecified atom stereocenters. The summed E-state index contributed by atoms with van der Waals surface area (Å²) in [5.74, 6) is 0.792. The van der Waals surface area contributed by atoms with E-state index in [4.69, 9.17) is 10.00 Å². The summed E-state index contributed by atoms with van der Waals surface area (Å²) in [6.07, 6.45) is 6.98. The van der Waals surface area contributed by atoms with Crippen molar-refractivity contribution in [2.24, 2.45) is 5.41 Å². The number of carbonyl (C=O) groups is 1. The molecule has 1 spiro atoms. The van der Waals surface area contributed by atoms with E-state index in [1.165, 1.54) is 16.7 Å². The molecule has 3 aliphatic rings. The highest BCUT2D eigenvalue weighted by Gasteiger charge is 2.55. The minimum atomic E-state index is -0.379. The second-order valence-corrected chi connectivity index (χ2v) is 8.06. The normalized spacial score (nSPS) is 21.6. The Morgan fingerprint density at radius 3 is 2.93 bits per heavy atom. The molecule has 2 fully saturated rings. The maximum Gasteiger partial charge on any atom is 0.464 e. The van der Waals surface area contributed by atoms with Gasteiger partial charge in [-0.05, 0) is 19.1 Å². The summed E-state index contributed by atoms with van der Waals surface area (Å²) in [7, 11) is 0. The van der Waals surface area contributed by atoms with Crippen LogP contribution in [-0.2, 0) is 0 Å². The molecule has 0 radical (unpaired) electrons. The number of carbonyl (C=O) groups excluding carboxylic acids is 1. The molecule has 29 heavy (non-hydrogen) atoms. The monoisotopic (exact) mass is 395 g/mol. The van der Waals surface area contributed by atoms with E-state index in [1.807, 2.05) is 11.8 Å². The summed E-state index contributed by atoms with van der Waals surface area (Å²) in [6.45, 7) is 5.23. The third kappa shape index (κ3) is 2.83. The molecule has 0 bridgehead atoms. The van der Waals surface area contributed by atoms with Gasteiger partial charge in [-0.25, -0.2) is 14.2 Å². The predicted octanol–water partition coefficient (Wildman–Crippen LogP) is 1.37. The van der Waals surface area contributed by atoms with Crippen molar-refractivity contribution in [2.45, 2.75) is 13.0 Å². The number of amides is 2. The van der Waals surface area contributed by atoms with E-state index in [0.717, 1.165) is 18.9 Å². The van der Waals surface area contributed by atoms with Gasteiger partial charge in [-0.1, -0.05) is 0 Å². The average molecular weight is 395 g/mol. The fourth-order valence-electron chi connectivity index (χ4n) is 4.40. The first-order valence-electron chi connectivity index (χ1n) is 9.51. The van der Waals surface area contributed by atoms with Gasteiger partial charge in [0.05, 0.1) is 17.9 Å². The van der Waals surface area contributed by atoms with E-state index in [0.29, 0.717) is 31.1 Å². The number of hydrogen-bond donors (Lipinski definition) is 0. The minimum Gasteiger partial charge on any atom is -0.489 e. The Morgan fingerprint density at radius 2 is 2.17 bits per heavy atom. The van der Waals surface area contributed by atoms with Crippen LogP contribution in [0.2, 0.25) is 0 Å². The van der Waals surface area contributed by atoms with Crippen LogP contribution in [0.15, 0.2) is 36.8 Å². The molecule has 4 heterocycles. The van der Waals surface area contributed by atoms with E-state index < -0.39 is 0 Å². The highest BCUT2D eigenvalue weighted by Crippen LogP contribution is 2.43. The first-order chi connectivity index (χ1) is 14.0. The zero-order chi connectivity index (χ0) is 20.2. The Balaban J connectivity index is 1.25. The van der Waals surface area contributed by atoms with Crippen molar-refractivity contribution >= 4 is 17.5 Å². The summed E-state index contributed by atoms with van der Waals surface area (Å²) >= 11 is 0. The first kappa shape index (κ1) is 17.7. The summed E-state index contributed by atoms with van der Waals surface area (Å²) < 4.78 is 20.5. The Morgan fingerprint density at radius 1 is 1.38 bits per heavy atom. The van der Waals surface area contributed by atoms with Crippen LogP contribution in [0, 0.1) is 22.7 Å². The van der Waals surface area contributed by atoms with E-state index in [-0.39, 0.29) is 23.3 Å². The van der Waals surface area contributed by atoms with Crippen LogP contribution in [0.1, 0.15) is 6.92 Å². The number of halogens is 1. The Bertz CT molecular complexity index is 1020. The highest BCUT2D eigenvalue weighted by atomic mass is 19.1. The van der Waals surface area contributed by atoms with Crippen molar-refractivity contribution in [3.8, 4) is 11.9 Å². The molecule has 0 N–H and O–H groups in total. The van der Waals surface area contributed by atoms with Crippen LogP contribution in [0.3, 0.4) is 0 Å². The second kappa shape index (κ2) is 6.30. The molecular formula is C20H20FN6O2+. The SMILES string of the molecule is CC1COc2cc(F)ccc2N1C(=O)N1CC2(C1)CN(c1c[n+](C#N)ccn1)C2. The molecular weight excluding hydrogens is 375 g/mol. The zero-order valence-electron chi connectivity index (χ0n) is 16.0. The van der Waals surface area contributed by atoms with Gasteiger partial charge < -0.3 is 14.5 Å². The fraction of sp³-hybridized carbons (Fsp3) is 0.400. The van der Waals surface area contributed by atoms with E-state index in [9.17, 15) is 9.18 Å². The molecule has 0 saturated carbocycles. The molecule has 2 aromatic rings. The van der Waals surface area contributed by atoms with Crippen molar-refractivity contribution in [1.82, 2.24) is 9.88 Å². The summed E-state index contributed by atoms with van der Waals surface area (Å²) in [5.41, 5.74) is 0.687. The van der Waals surface area contributed by atoms with Gasteiger partial charge in [0.15, 0.2) is 11.1 Å². The standard InChI is InChI=1S/C20H20FN6O2/c1-14-8-29-17-6-15(21)2-3-16(17)27(14)19(28)26-11-20(12-26)9-25(10-20)18-7-24(13-22)5-4-23-18/h2-7,14H,8-12H2,1H3/q+1. The molecule has 9 heteroatoms. The molecule has 8 nitrogen and oxygen atoms in total. The fourth-order valence-corrected chi connectivity index (χ4v) is 4.40. The van der Waals surface area contributed by atoms with Crippen LogP contribution in [0.5, 0.6) is 5.75 Å². The summed E-state index contributed by atoms with van der Waals surface area (Å²) in [4.78, 5) is 23.1. The van der Waals surface area contributed by atoms with E-state index in [2.05, 4.69) is 16.1 Å². The lowest BCUT2D eigenvalue weighted by molar-refractivity contribution is -0.586. The molecule has 2 amide bonds. The Hall–Kier alpha value is -3.41. The molecule has 2 saturated heterocycles. The largest absolute Gasteiger partial charge is 0.489 e. The molecule has 5 rings (SSSR count). The van der Waals surface area contributed by atoms with E-state index in [1.54, 1.807) is 29.6 Å². The zero-order valence-corrected chi connectivity index (χ0v) is 16.0. The highest BCUT2D eigenvalue weighted by molar-refractivity contribution is 5.95. The lowest BCUT2D eigenvalue weighted by Crippen LogP contribution is -2.74. The number of aromatic nitrogens is 2. The minimum absolute atomic E-state index is 0.0714. The van der Waals surface area contributed by atoms with Crippen molar-refractivity contribution in [2.75, 3.05) is 42.6 Å². The predicted molar refractivity (Wildman–Crippen MR) is 101 cm³/mol. The topological polar surface area (TPSA) is 76.6 Å². The number of ether oxygens (including phenoxy) is 1. The summed E-state index contributed by atoms with van der Waals surface area (Å²) in [6, 6.07) is 4.08. The van der Waals surface area contributed by atoms with Gasteiger partial charge in [-0.15, -0.1) is 4.57 Å². The van der Waals surface area contributed by atoms with Crippen molar-refractivity contribution < 1.29 is 18.5 Å². The number of hydrogen-bond acceptors (Lipinski definition) is 5. The number of nitrogens with zero attached hydrogens (tertiary/aromatic N) is 6. The second-order valence-electron chi connectivity index (χ2n) is 8.06. The number of urea groups is 1. The average Bonchev–Trinajstić information content (AvgIpc) is 2.66. The van der Waals surface area contributed by atoms with Gasteiger partial charge in [0.1, 0.15) is 30.6 Å². The van der Waals surface area contributed by atoms with Crippen molar-refractivity contribution in [3.05, 3.63) is 42.6 Å². The van der Waals surface area contributed by atoms with Crippen molar-refractivity contribution in [3.63, 3.8) is 0 Å². The summed E-state index contributed by atoms with van der Waals surface area (Å²) in [5, 5.41) is 9.01. The number of benzene rings is 1. The molecule has 1 atom stereocenters. The quantitative estimate of drug-likeness (QED) is 0.682. The van der Waals surface area contributed by atoms with Crippen LogP contribution in [0.4, 0.5) is 20.7 Å². The van der Waals surface area contributed by atoms with E-state index >= 15 is 0 Å². The van der Waals surface area contributed by atoms with Gasteiger partial charge >= 0.3 is 12.2 Å². The Labute approximate surface area is 167 Å². The lowest BCUT2D eigenvalue weighted by Gasteiger charge is -2.60. The third-order valence-electron chi connectivity index (χ3n) is 5.81. The van der Waals surface area contributed by atoms with Gasteiger partial charge in [-0.3, -0.25) is 4.90 Å². The lowest BCUT2D eigenvalue weighted by atomic mass is 9.73. The number of fused-ring (bicyclic) bond motifs is 1. The number of nitriles is 1.